The Morgan fingerprint density at radius 1 is 0.672 bits per heavy atom. The van der Waals surface area contributed by atoms with Gasteiger partial charge >= 0.3 is 0 Å². The Kier molecular flexibility index (Phi) is 6.75. The van der Waals surface area contributed by atoms with Crippen molar-refractivity contribution in [3.8, 4) is 67.5 Å². The Balaban J connectivity index is 0.00000800. The molecule has 0 bridgehead atoms. The monoisotopic (exact) mass is 955 g/mol. The third-order valence-corrected chi connectivity index (χ3v) is 10.1. The first kappa shape index (κ1) is 25.0. The summed E-state index contributed by atoms with van der Waals surface area (Å²) in [6.07, 6.45) is 1.38. The topological polar surface area (TPSA) is 50.9 Å². The van der Waals surface area contributed by atoms with Crippen LogP contribution < -0.4 is 0 Å². The van der Waals surface area contributed by atoms with Crippen LogP contribution in [0.5, 0.6) is 5.75 Å². The first-order chi connectivity index (χ1) is 33.8. The van der Waals surface area contributed by atoms with Gasteiger partial charge in [-0.1, -0.05) is 137 Å². The molecule has 0 saturated carbocycles. The van der Waals surface area contributed by atoms with E-state index in [1.165, 1.54) is 18.3 Å². The number of fused-ring (bicyclic) bond motifs is 1. The molecule has 5 heteroatoms. The summed E-state index contributed by atoms with van der Waals surface area (Å²) in [6.45, 7) is -4.25. The molecule has 0 aliphatic carbocycles. The fourth-order valence-corrected chi connectivity index (χ4v) is 7.09. The minimum absolute atomic E-state index is 0. The molecule has 0 aliphatic heterocycles. The Labute approximate surface area is 380 Å². The molecule has 2 aromatic heterocycles. The van der Waals surface area contributed by atoms with E-state index in [2.05, 4.69) is 11.1 Å². The Hall–Kier alpha value is -5.57. The van der Waals surface area contributed by atoms with Gasteiger partial charge in [-0.15, -0.1) is 29.3 Å². The van der Waals surface area contributed by atoms with Crippen molar-refractivity contribution in [3.05, 3.63) is 167 Å². The van der Waals surface area contributed by atoms with Gasteiger partial charge in [0.2, 0.25) is 0 Å². The number of aromatic hydroxyl groups is 1. The Bertz CT molecular complexity index is 3410. The molecule has 0 fully saturated rings. The zero-order valence-electron chi connectivity index (χ0n) is 48.5. The number of hydrogen-bond acceptors (Lipinski definition) is 3. The van der Waals surface area contributed by atoms with E-state index in [0.29, 0.717) is 55.9 Å². The van der Waals surface area contributed by atoms with Crippen molar-refractivity contribution in [1.82, 2.24) is 14.5 Å². The second kappa shape index (κ2) is 15.6. The summed E-state index contributed by atoms with van der Waals surface area (Å²) >= 11 is 0. The van der Waals surface area contributed by atoms with Crippen molar-refractivity contribution >= 4 is 11.0 Å². The van der Waals surface area contributed by atoms with E-state index in [-0.39, 0.29) is 49.2 Å². The number of pyridine rings is 1. The normalized spacial score (nSPS) is 16.7. The number of phenolic OH excluding ortho intramolecular Hbond substituents is 1. The first-order valence-electron chi connectivity index (χ1n) is 26.5. The van der Waals surface area contributed by atoms with E-state index in [9.17, 15) is 5.11 Å². The average molecular weight is 956 g/mol. The van der Waals surface area contributed by atoms with Crippen LogP contribution in [-0.2, 0) is 31.9 Å². The predicted octanol–water partition coefficient (Wildman–Crippen LogP) is 13.8. The summed E-state index contributed by atoms with van der Waals surface area (Å²) in [4.78, 5) is 9.88. The van der Waals surface area contributed by atoms with E-state index in [0.717, 1.165) is 16.7 Å². The van der Waals surface area contributed by atoms with Gasteiger partial charge in [-0.05, 0) is 106 Å². The maximum absolute atomic E-state index is 11.7. The van der Waals surface area contributed by atoms with Crippen LogP contribution in [0.2, 0.25) is 0 Å². The van der Waals surface area contributed by atoms with Crippen molar-refractivity contribution < 1.29 is 48.1 Å². The molecule has 6 aromatic carbocycles. The van der Waals surface area contributed by atoms with Gasteiger partial charge < -0.3 is 5.11 Å². The van der Waals surface area contributed by atoms with Crippen molar-refractivity contribution in [2.45, 2.75) is 72.9 Å². The van der Waals surface area contributed by atoms with Gasteiger partial charge in [0.25, 0.3) is 0 Å². The predicted molar refractivity (Wildman–Crippen MR) is 238 cm³/mol. The minimum Gasteiger partial charge on any atom is -0.507 e. The summed E-state index contributed by atoms with van der Waals surface area (Å²) in [6, 6.07) is 30.0. The van der Waals surface area contributed by atoms with Crippen LogP contribution in [0.15, 0.2) is 133 Å². The van der Waals surface area contributed by atoms with Crippen LogP contribution in [0.3, 0.4) is 0 Å². The smallest absolute Gasteiger partial charge is 0.148 e. The number of hydrogen-bond donors (Lipinski definition) is 1. The van der Waals surface area contributed by atoms with Gasteiger partial charge in [0.05, 0.1) is 22.1 Å². The maximum atomic E-state index is 11.7. The molecule has 0 unspecified atom stereocenters. The number of nitrogens with zero attached hydrogens (tertiary/aromatic N) is 3. The number of rotatable bonds is 6. The van der Waals surface area contributed by atoms with E-state index < -0.39 is 68.0 Å². The van der Waals surface area contributed by atoms with Crippen LogP contribution in [0, 0.1) is 26.8 Å². The van der Waals surface area contributed by atoms with E-state index >= 15 is 0 Å². The first-order valence-corrected chi connectivity index (χ1v) is 18.5. The van der Waals surface area contributed by atoms with Crippen LogP contribution in [-0.4, -0.2) is 19.6 Å². The molecule has 4 nitrogen and oxygen atoms in total. The maximum Gasteiger partial charge on any atom is 0.148 e. The second-order valence-electron chi connectivity index (χ2n) is 15.4. The zero-order valence-corrected chi connectivity index (χ0v) is 34.8. The second-order valence-corrected chi connectivity index (χ2v) is 15.4. The van der Waals surface area contributed by atoms with E-state index in [4.69, 9.17) is 26.9 Å². The van der Waals surface area contributed by atoms with E-state index in [1.54, 1.807) is 19.1 Å². The molecule has 0 saturated heterocycles. The number of benzene rings is 6. The summed E-state index contributed by atoms with van der Waals surface area (Å²) in [5.74, 6) is 0.342. The van der Waals surface area contributed by atoms with Crippen molar-refractivity contribution in [3.63, 3.8) is 0 Å². The molecule has 0 spiro atoms. The quantitative estimate of drug-likeness (QED) is 0.169. The van der Waals surface area contributed by atoms with Gasteiger partial charge in [-0.3, -0.25) is 9.55 Å². The minimum atomic E-state index is -3.83. The molecular formula is C53H50N3OPt-. The van der Waals surface area contributed by atoms with Crippen molar-refractivity contribution in [2.75, 3.05) is 0 Å². The number of aryl methyl sites for hydroxylation is 3. The van der Waals surface area contributed by atoms with Gasteiger partial charge in [-0.25, -0.2) is 4.98 Å². The molecule has 0 amide bonds. The van der Waals surface area contributed by atoms with Gasteiger partial charge in [0.1, 0.15) is 11.6 Å². The van der Waals surface area contributed by atoms with Crippen molar-refractivity contribution in [1.29, 1.82) is 0 Å². The standard InChI is InChI=1S/C53H50N3O.Pt/c1-33-26-35(3)50(57)46(27-33)51-55-49-45(16-13-17-48(49)56(51)43-22-23-44(34(2)28-43)37-14-11-10-12-15-37)39-29-40(31-42(30-39)53(7,8)9)47-32-38(24-25-54-47)36-18-20-41(21-19-36)52(4,5)6;/h10-28,30-32,57H,1-9H3;/q-1;/i2D3,4D3,5D3,6D3,18D,19D,20D,21D;. The molecule has 8 aromatic rings. The number of phenols is 1. The SMILES string of the molecule is [2H]c1c([2H])c(C(C([2H])([2H])[2H])(C([2H])([2H])[2H])C([2H])([2H])[2H])c([2H])c([2H])c1-c1ccnc(-c2[c-]c(-c3cccc4c3nc(-c3cc(C)cc(C)c3O)n4-c3ccc(-c4ccccc4)c(C([2H])([2H])[2H])c3)cc(C(C)(C)C)c2)c1.[Pt]. The third kappa shape index (κ3) is 7.83. The van der Waals surface area contributed by atoms with Gasteiger partial charge in [-0.2, -0.15) is 0 Å². The molecule has 8 rings (SSSR count). The van der Waals surface area contributed by atoms with Gasteiger partial charge in [0.15, 0.2) is 0 Å². The average Bonchev–Trinajstić information content (AvgIpc) is 3.69. The molecular weight excluding hydrogens is 890 g/mol. The largest absolute Gasteiger partial charge is 0.507 e. The molecule has 58 heavy (non-hydrogen) atoms. The molecule has 0 atom stereocenters. The van der Waals surface area contributed by atoms with Crippen LogP contribution in [0.25, 0.3) is 72.7 Å². The number of imidazole rings is 1. The molecule has 294 valence electrons. The number of para-hydroxylation sites is 1. The van der Waals surface area contributed by atoms with E-state index in [1.807, 2.05) is 111 Å². The molecule has 2 heterocycles. The zero-order chi connectivity index (χ0) is 53.7. The third-order valence-electron chi connectivity index (χ3n) is 10.1. The summed E-state index contributed by atoms with van der Waals surface area (Å²) in [7, 11) is 0. The molecule has 0 aliphatic rings. The Morgan fingerprint density at radius 2 is 1.43 bits per heavy atom. The summed E-state index contributed by atoms with van der Waals surface area (Å²) < 4.78 is 138. The van der Waals surface area contributed by atoms with Crippen LogP contribution >= 0.6 is 0 Å². The summed E-state index contributed by atoms with van der Waals surface area (Å²) in [5, 5.41) is 11.7. The van der Waals surface area contributed by atoms with Crippen LogP contribution in [0.4, 0.5) is 0 Å². The summed E-state index contributed by atoms with van der Waals surface area (Å²) in [5.41, 5.74) is 1.75. The Morgan fingerprint density at radius 3 is 2.16 bits per heavy atom. The molecule has 1 N–H and O–H groups in total. The fraction of sp³-hybridized carbons (Fsp3) is 0.208. The van der Waals surface area contributed by atoms with Crippen LogP contribution in [0.1, 0.15) is 91.1 Å². The molecule has 0 radical (unpaired) electrons. The number of aromatic nitrogens is 3. The van der Waals surface area contributed by atoms with Gasteiger partial charge in [0, 0.05) is 55.1 Å². The fourth-order valence-electron chi connectivity index (χ4n) is 7.09. The van der Waals surface area contributed by atoms with Crippen molar-refractivity contribution in [2.24, 2.45) is 0 Å².